The third-order valence-corrected chi connectivity index (χ3v) is 15.6. The van der Waals surface area contributed by atoms with Gasteiger partial charge in [-0.05, 0) is 76.6 Å². The van der Waals surface area contributed by atoms with Gasteiger partial charge in [0.2, 0.25) is 17.7 Å². The summed E-state index contributed by atoms with van der Waals surface area (Å²) in [6, 6.07) is 7.55. The van der Waals surface area contributed by atoms with Crippen LogP contribution in [-0.2, 0) is 19.2 Å². The molecule has 7 amide bonds. The van der Waals surface area contributed by atoms with Gasteiger partial charge in [-0.1, -0.05) is 26.7 Å². The number of fused-ring (bicyclic) bond motifs is 2. The van der Waals surface area contributed by atoms with Crippen molar-refractivity contribution < 1.29 is 51.5 Å². The molecule has 3 saturated heterocycles. The topological polar surface area (TPSA) is 197 Å². The fraction of sp³-hybridized carbons (Fsp3) is 0.538. The summed E-state index contributed by atoms with van der Waals surface area (Å²) in [6.07, 6.45) is 6.13. The second-order valence-corrected chi connectivity index (χ2v) is 21.4. The Labute approximate surface area is 421 Å². The number of anilines is 5. The van der Waals surface area contributed by atoms with Gasteiger partial charge in [0.15, 0.2) is 0 Å². The average Bonchev–Trinajstić information content (AvgIpc) is 3.97. The van der Waals surface area contributed by atoms with Crippen LogP contribution in [0.1, 0.15) is 117 Å². The Morgan fingerprint density at radius 1 is 0.863 bits per heavy atom. The molecule has 1 aromatic heterocycles. The van der Waals surface area contributed by atoms with Gasteiger partial charge in [0.25, 0.3) is 23.6 Å². The van der Waals surface area contributed by atoms with E-state index in [4.69, 9.17) is 4.74 Å². The fourth-order valence-electron chi connectivity index (χ4n) is 11.8. The zero-order chi connectivity index (χ0) is 52.3. The fourth-order valence-corrected chi connectivity index (χ4v) is 11.8. The summed E-state index contributed by atoms with van der Waals surface area (Å²) < 4.78 is 51.7. The predicted molar refractivity (Wildman–Crippen MR) is 265 cm³/mol. The molecule has 1 unspecified atom stereocenters. The molecule has 4 fully saturated rings. The summed E-state index contributed by atoms with van der Waals surface area (Å²) in [5, 5.41) is 8.19. The maximum atomic E-state index is 15.9. The van der Waals surface area contributed by atoms with Crippen molar-refractivity contribution in [3.8, 4) is 5.75 Å². The molecule has 1 aliphatic carbocycles. The number of alkyl halides is 2. The first-order chi connectivity index (χ1) is 34.6. The lowest BCUT2D eigenvalue weighted by Gasteiger charge is -2.48. The van der Waals surface area contributed by atoms with E-state index in [1.54, 1.807) is 23.1 Å². The number of nitrogens with zero attached hydrogens (tertiary/aromatic N) is 7. The van der Waals surface area contributed by atoms with E-state index in [1.165, 1.54) is 26.4 Å². The number of halogens is 3. The smallest absolute Gasteiger partial charge is 0.342 e. The number of aromatic nitrogens is 1. The number of rotatable bonds is 12. The van der Waals surface area contributed by atoms with Crippen LogP contribution < -0.4 is 35.4 Å². The summed E-state index contributed by atoms with van der Waals surface area (Å²) in [6.45, 7) is 10.8. The van der Waals surface area contributed by atoms with Crippen molar-refractivity contribution in [3.63, 3.8) is 0 Å². The third kappa shape index (κ3) is 9.91. The van der Waals surface area contributed by atoms with E-state index in [-0.39, 0.29) is 76.0 Å². The first-order valence-corrected chi connectivity index (χ1v) is 25.1. The number of methoxy groups -OCH3 is 1. The Bertz CT molecular complexity index is 2750. The normalized spacial score (nSPS) is 21.3. The first kappa shape index (κ1) is 51.1. The first-order valence-electron chi connectivity index (χ1n) is 25.1. The van der Waals surface area contributed by atoms with Crippen molar-refractivity contribution >= 4 is 69.9 Å². The molecule has 18 nitrogen and oxygen atoms in total. The van der Waals surface area contributed by atoms with Crippen LogP contribution in [0.5, 0.6) is 5.75 Å². The minimum Gasteiger partial charge on any atom is -0.495 e. The van der Waals surface area contributed by atoms with Gasteiger partial charge in [-0.2, -0.15) is 8.78 Å². The van der Waals surface area contributed by atoms with Gasteiger partial charge in [0.1, 0.15) is 23.4 Å². The molecule has 5 aliphatic heterocycles. The molecule has 6 heterocycles. The van der Waals surface area contributed by atoms with Gasteiger partial charge in [0.05, 0.1) is 53.6 Å². The number of amides is 7. The lowest BCUT2D eigenvalue weighted by atomic mass is 9.77. The number of hydrogen-bond donors (Lipinski definition) is 3. The lowest BCUT2D eigenvalue weighted by molar-refractivity contribution is -0.143. The van der Waals surface area contributed by atoms with Crippen LogP contribution in [-0.4, -0.2) is 151 Å². The number of nitrogens with one attached hydrogen (secondary N) is 3. The van der Waals surface area contributed by atoms with E-state index >= 15 is 13.2 Å². The van der Waals surface area contributed by atoms with E-state index in [0.717, 1.165) is 34.4 Å². The molecule has 2 aromatic carbocycles. The number of likely N-dealkylation sites (tertiary alicyclic amines) is 1. The molecule has 73 heavy (non-hydrogen) atoms. The van der Waals surface area contributed by atoms with E-state index < -0.39 is 65.2 Å². The van der Waals surface area contributed by atoms with Crippen molar-refractivity contribution in [1.82, 2.24) is 30.3 Å². The van der Waals surface area contributed by atoms with Crippen molar-refractivity contribution in [1.29, 1.82) is 0 Å². The molecule has 3 aromatic rings. The van der Waals surface area contributed by atoms with Crippen LogP contribution in [0.2, 0.25) is 0 Å². The van der Waals surface area contributed by atoms with Gasteiger partial charge in [-0.3, -0.25) is 48.7 Å². The predicted octanol–water partition coefficient (Wildman–Crippen LogP) is 5.47. The highest BCUT2D eigenvalue weighted by molar-refractivity contribution is 6.23. The molecule has 1 atom stereocenters. The molecular weight excluding hydrogens is 950 g/mol. The van der Waals surface area contributed by atoms with Crippen LogP contribution in [0.3, 0.4) is 0 Å². The van der Waals surface area contributed by atoms with E-state index in [1.807, 2.05) is 24.8 Å². The van der Waals surface area contributed by atoms with Gasteiger partial charge in [0, 0.05) is 93.6 Å². The Balaban J connectivity index is 0.774. The lowest BCUT2D eigenvalue weighted by Crippen LogP contribution is -2.57. The van der Waals surface area contributed by atoms with E-state index in [2.05, 4.69) is 44.6 Å². The van der Waals surface area contributed by atoms with Gasteiger partial charge >= 0.3 is 5.92 Å². The number of hydrogen-bond acceptors (Lipinski definition) is 13. The molecule has 9 rings (SSSR count). The molecule has 0 spiro atoms. The van der Waals surface area contributed by atoms with Gasteiger partial charge in [-0.15, -0.1) is 0 Å². The number of carbonyl (C=O) groups is 7. The van der Waals surface area contributed by atoms with Crippen molar-refractivity contribution in [2.45, 2.75) is 115 Å². The molecule has 21 heteroatoms. The van der Waals surface area contributed by atoms with Gasteiger partial charge in [-0.25, -0.2) is 9.37 Å². The number of carbonyl (C=O) groups excluding carboxylic acids is 7. The maximum Gasteiger partial charge on any atom is 0.342 e. The van der Waals surface area contributed by atoms with Crippen LogP contribution in [0.25, 0.3) is 0 Å². The summed E-state index contributed by atoms with van der Waals surface area (Å²) >= 11 is 0. The Hall–Kier alpha value is -6.77. The minimum absolute atomic E-state index is 0.000211. The monoisotopic (exact) mass is 1010 g/mol. The quantitative estimate of drug-likeness (QED) is 0.193. The van der Waals surface area contributed by atoms with E-state index in [0.29, 0.717) is 77.1 Å². The second-order valence-electron chi connectivity index (χ2n) is 21.4. The second kappa shape index (κ2) is 19.6. The highest BCUT2D eigenvalue weighted by Gasteiger charge is 2.49. The molecule has 0 bridgehead atoms. The average molecular weight is 1010 g/mol. The van der Waals surface area contributed by atoms with Crippen molar-refractivity contribution in [3.05, 3.63) is 65.1 Å². The SMILES string of the molecule is COc1cc(C(=O)NC2CCN(C(=O)C(C)(C)CC(C)(C)N3CCN(c4ccc5c(c4)C(=O)N(C4CCC(=O)NC4=O)C5=O)CC3)CC2)c(F)cc1Nc1cc2c(cn1)N(C)C(=O)C(F)(F)CN2C1CCCC1. The highest BCUT2D eigenvalue weighted by atomic mass is 19.3. The minimum atomic E-state index is -3.61. The highest BCUT2D eigenvalue weighted by Crippen LogP contribution is 2.43. The molecule has 6 aliphatic rings. The Morgan fingerprint density at radius 3 is 2.22 bits per heavy atom. The molecule has 390 valence electrons. The number of pyridine rings is 1. The molecular formula is C52H63F3N10O8. The third-order valence-electron chi connectivity index (χ3n) is 15.6. The van der Waals surface area contributed by atoms with Crippen molar-refractivity contribution in [2.75, 3.05) is 80.0 Å². The maximum absolute atomic E-state index is 15.9. The van der Waals surface area contributed by atoms with Crippen LogP contribution in [0.4, 0.5) is 41.7 Å². The van der Waals surface area contributed by atoms with Crippen LogP contribution in [0.15, 0.2) is 42.6 Å². The summed E-state index contributed by atoms with van der Waals surface area (Å²) in [5.41, 5.74) is 0.676. The Morgan fingerprint density at radius 2 is 1.55 bits per heavy atom. The van der Waals surface area contributed by atoms with E-state index in [9.17, 15) is 33.6 Å². The number of imide groups is 2. The zero-order valence-corrected chi connectivity index (χ0v) is 42.1. The van der Waals surface area contributed by atoms with Gasteiger partial charge < -0.3 is 35.0 Å². The standard InChI is InChI=1S/C52H63F3N10O8/c1-50(2,28-51(3,4)63-21-19-61(20-22-63)32-11-12-33-34(23-32)47(70)65(46(33)69)38-13-14-43(66)59-45(38)68)48(71)62-17-15-30(16-18-62)57-44(67)35-24-41(73-6)37(25-36(35)53)58-42-26-39-40(27-56-42)60(5)49(72)52(54,55)29-64(39)31-9-7-8-10-31/h11-12,23-27,30-31,38H,7-10,13-22,28-29H2,1-6H3,(H,56,58)(H,57,67)(H,59,66,68). The van der Waals surface area contributed by atoms with Crippen LogP contribution >= 0.6 is 0 Å². The Kier molecular flexibility index (Phi) is 13.7. The zero-order valence-electron chi connectivity index (χ0n) is 42.1. The number of benzene rings is 2. The number of piperidine rings is 2. The summed E-state index contributed by atoms with van der Waals surface area (Å²) in [7, 11) is 2.67. The van der Waals surface area contributed by atoms with Crippen LogP contribution in [0, 0.1) is 11.2 Å². The molecule has 0 radical (unpaired) electrons. The van der Waals surface area contributed by atoms with Crippen molar-refractivity contribution in [2.24, 2.45) is 5.41 Å². The largest absolute Gasteiger partial charge is 0.495 e. The number of ether oxygens (including phenoxy) is 1. The molecule has 3 N–H and O–H groups in total. The number of piperazine rings is 1. The summed E-state index contributed by atoms with van der Waals surface area (Å²) in [5.74, 6) is -8.25. The summed E-state index contributed by atoms with van der Waals surface area (Å²) in [4.78, 5) is 106. The molecule has 1 saturated carbocycles.